The Morgan fingerprint density at radius 1 is 1.18 bits per heavy atom. The number of nitrogens with two attached hydrogens (primary N) is 1. The topological polar surface area (TPSA) is 64.4 Å². The molecule has 2 aromatic rings. The first-order chi connectivity index (χ1) is 10.7. The van der Waals surface area contributed by atoms with Crippen LogP contribution < -0.4 is 11.1 Å². The van der Waals surface area contributed by atoms with E-state index in [4.69, 9.17) is 10.5 Å². The molecule has 3 rings (SSSR count). The maximum atomic E-state index is 12.5. The smallest absolute Gasteiger partial charge is 0.251 e. The molecule has 1 heterocycles. The Balaban J connectivity index is 1.82. The minimum Gasteiger partial charge on any atom is -0.399 e. The third-order valence-electron chi connectivity index (χ3n) is 3.93. The van der Waals surface area contributed by atoms with Crippen LogP contribution in [0.4, 0.5) is 5.69 Å². The number of nitrogen functional groups attached to an aromatic ring is 1. The second-order valence-corrected chi connectivity index (χ2v) is 5.54. The summed E-state index contributed by atoms with van der Waals surface area (Å²) in [7, 11) is 0. The summed E-state index contributed by atoms with van der Waals surface area (Å²) in [6.45, 7) is 0.752. The number of nitrogens with one attached hydrogen (secondary N) is 1. The second kappa shape index (κ2) is 6.62. The van der Waals surface area contributed by atoms with Crippen molar-refractivity contribution in [3.8, 4) is 0 Å². The Morgan fingerprint density at radius 3 is 2.68 bits per heavy atom. The van der Waals surface area contributed by atoms with E-state index in [1.54, 1.807) is 24.3 Å². The first kappa shape index (κ1) is 14.6. The number of carbonyl (C=O) groups excluding carboxylic acids is 1. The van der Waals surface area contributed by atoms with E-state index in [-0.39, 0.29) is 18.1 Å². The van der Waals surface area contributed by atoms with Crippen LogP contribution in [0.5, 0.6) is 0 Å². The van der Waals surface area contributed by atoms with E-state index in [1.165, 1.54) is 0 Å². The molecule has 1 amide bonds. The van der Waals surface area contributed by atoms with Gasteiger partial charge in [-0.2, -0.15) is 0 Å². The van der Waals surface area contributed by atoms with Gasteiger partial charge in [-0.05, 0) is 36.6 Å². The molecule has 1 fully saturated rings. The Morgan fingerprint density at radius 2 is 2.00 bits per heavy atom. The number of hydrogen-bond acceptors (Lipinski definition) is 3. The van der Waals surface area contributed by atoms with Gasteiger partial charge < -0.3 is 15.8 Å². The van der Waals surface area contributed by atoms with Crippen LogP contribution in [0.2, 0.25) is 0 Å². The van der Waals surface area contributed by atoms with Gasteiger partial charge in [-0.3, -0.25) is 4.79 Å². The number of rotatable bonds is 4. The van der Waals surface area contributed by atoms with Gasteiger partial charge in [-0.15, -0.1) is 0 Å². The molecule has 2 atom stereocenters. The van der Waals surface area contributed by atoms with E-state index >= 15 is 0 Å². The highest BCUT2D eigenvalue weighted by molar-refractivity contribution is 5.95. The zero-order valence-corrected chi connectivity index (χ0v) is 12.4. The molecule has 114 valence electrons. The Bertz CT molecular complexity index is 637. The summed E-state index contributed by atoms with van der Waals surface area (Å²) in [5.41, 5.74) is 7.97. The van der Waals surface area contributed by atoms with Crippen LogP contribution in [0.25, 0.3) is 0 Å². The summed E-state index contributed by atoms with van der Waals surface area (Å²) in [6.07, 6.45) is 2.01. The van der Waals surface area contributed by atoms with Crippen molar-refractivity contribution < 1.29 is 9.53 Å². The van der Waals surface area contributed by atoms with Crippen molar-refractivity contribution in [3.05, 3.63) is 65.7 Å². The minimum absolute atomic E-state index is 0.0207. The molecule has 4 nitrogen and oxygen atoms in total. The maximum absolute atomic E-state index is 12.5. The lowest BCUT2D eigenvalue weighted by molar-refractivity contribution is 0.0672. The van der Waals surface area contributed by atoms with E-state index in [0.29, 0.717) is 11.3 Å². The van der Waals surface area contributed by atoms with Crippen molar-refractivity contribution in [3.63, 3.8) is 0 Å². The van der Waals surface area contributed by atoms with Gasteiger partial charge in [0.05, 0.1) is 12.1 Å². The van der Waals surface area contributed by atoms with Gasteiger partial charge >= 0.3 is 0 Å². The molecule has 1 saturated heterocycles. The quantitative estimate of drug-likeness (QED) is 0.853. The predicted octanol–water partition coefficient (Wildman–Crippen LogP) is 2.92. The molecule has 0 saturated carbocycles. The van der Waals surface area contributed by atoms with E-state index in [1.807, 2.05) is 30.3 Å². The van der Waals surface area contributed by atoms with Gasteiger partial charge in [0.1, 0.15) is 0 Å². The van der Waals surface area contributed by atoms with Gasteiger partial charge in [-0.25, -0.2) is 0 Å². The van der Waals surface area contributed by atoms with Gasteiger partial charge in [0.25, 0.3) is 5.91 Å². The third kappa shape index (κ3) is 3.28. The number of anilines is 1. The molecule has 2 aromatic carbocycles. The molecule has 0 radical (unpaired) electrons. The van der Waals surface area contributed by atoms with Gasteiger partial charge in [-0.1, -0.05) is 36.4 Å². The van der Waals surface area contributed by atoms with Crippen LogP contribution in [0, 0.1) is 0 Å². The average molecular weight is 296 g/mol. The van der Waals surface area contributed by atoms with Gasteiger partial charge in [0.15, 0.2) is 0 Å². The minimum atomic E-state index is -0.141. The molecule has 1 aliphatic rings. The number of carbonyl (C=O) groups is 1. The van der Waals surface area contributed by atoms with E-state index in [9.17, 15) is 4.79 Å². The zero-order valence-electron chi connectivity index (χ0n) is 12.4. The Kier molecular flexibility index (Phi) is 4.39. The lowest BCUT2D eigenvalue weighted by Crippen LogP contribution is -2.36. The lowest BCUT2D eigenvalue weighted by Gasteiger charge is -2.25. The molecule has 3 N–H and O–H groups in total. The molecular weight excluding hydrogens is 276 g/mol. The Labute approximate surface area is 130 Å². The van der Waals surface area contributed by atoms with Crippen LogP contribution in [0.15, 0.2) is 54.6 Å². The number of hydrogen-bond donors (Lipinski definition) is 2. The van der Waals surface area contributed by atoms with Crippen molar-refractivity contribution in [1.82, 2.24) is 5.32 Å². The van der Waals surface area contributed by atoms with Crippen LogP contribution in [0.3, 0.4) is 0 Å². The van der Waals surface area contributed by atoms with Crippen molar-refractivity contribution >= 4 is 11.6 Å². The van der Waals surface area contributed by atoms with Crippen molar-refractivity contribution in [2.75, 3.05) is 12.3 Å². The molecule has 1 aliphatic heterocycles. The monoisotopic (exact) mass is 296 g/mol. The molecule has 22 heavy (non-hydrogen) atoms. The molecule has 2 unspecified atom stereocenters. The number of benzene rings is 2. The molecular formula is C18H20N2O2. The molecule has 0 aliphatic carbocycles. The van der Waals surface area contributed by atoms with E-state index in [2.05, 4.69) is 5.32 Å². The Hall–Kier alpha value is -2.33. The van der Waals surface area contributed by atoms with Crippen molar-refractivity contribution in [2.24, 2.45) is 0 Å². The lowest BCUT2D eigenvalue weighted by atomic mass is 9.99. The standard InChI is InChI=1S/C18H20N2O2/c19-15-9-4-8-14(12-15)18(21)20-17(16-10-5-11-22-16)13-6-2-1-3-7-13/h1-4,6-9,12,16-17H,5,10-11,19H2,(H,20,21). The summed E-state index contributed by atoms with van der Waals surface area (Å²) in [4.78, 5) is 12.5. The largest absolute Gasteiger partial charge is 0.399 e. The van der Waals surface area contributed by atoms with E-state index in [0.717, 1.165) is 25.0 Å². The highest BCUT2D eigenvalue weighted by atomic mass is 16.5. The predicted molar refractivity (Wildman–Crippen MR) is 86.5 cm³/mol. The second-order valence-electron chi connectivity index (χ2n) is 5.54. The van der Waals surface area contributed by atoms with Crippen molar-refractivity contribution in [2.45, 2.75) is 25.0 Å². The first-order valence-corrected chi connectivity index (χ1v) is 7.57. The van der Waals surface area contributed by atoms with Crippen LogP contribution >= 0.6 is 0 Å². The maximum Gasteiger partial charge on any atom is 0.251 e. The van der Waals surface area contributed by atoms with Gasteiger partial charge in [0.2, 0.25) is 0 Å². The molecule has 4 heteroatoms. The van der Waals surface area contributed by atoms with Crippen molar-refractivity contribution in [1.29, 1.82) is 0 Å². The SMILES string of the molecule is Nc1cccc(C(=O)NC(c2ccccc2)C2CCCO2)c1. The van der Waals surface area contributed by atoms with Crippen LogP contribution in [-0.4, -0.2) is 18.6 Å². The normalized spacial score (nSPS) is 18.8. The van der Waals surface area contributed by atoms with Crippen LogP contribution in [0.1, 0.15) is 34.8 Å². The summed E-state index contributed by atoms with van der Waals surface area (Å²) in [5, 5.41) is 3.10. The summed E-state index contributed by atoms with van der Waals surface area (Å²) in [5.74, 6) is -0.128. The fourth-order valence-electron chi connectivity index (χ4n) is 2.82. The average Bonchev–Trinajstić information content (AvgIpc) is 3.07. The third-order valence-corrected chi connectivity index (χ3v) is 3.93. The summed E-state index contributed by atoms with van der Waals surface area (Å²) >= 11 is 0. The molecule has 0 spiro atoms. The fourth-order valence-corrected chi connectivity index (χ4v) is 2.82. The van der Waals surface area contributed by atoms with Gasteiger partial charge in [0, 0.05) is 17.9 Å². The van der Waals surface area contributed by atoms with Crippen LogP contribution in [-0.2, 0) is 4.74 Å². The molecule has 0 aromatic heterocycles. The zero-order chi connectivity index (χ0) is 15.4. The summed E-state index contributed by atoms with van der Waals surface area (Å²) < 4.78 is 5.79. The number of amides is 1. The first-order valence-electron chi connectivity index (χ1n) is 7.57. The fraction of sp³-hybridized carbons (Fsp3) is 0.278. The van der Waals surface area contributed by atoms with E-state index < -0.39 is 0 Å². The highest BCUT2D eigenvalue weighted by Gasteiger charge is 2.28. The highest BCUT2D eigenvalue weighted by Crippen LogP contribution is 2.27. The molecule has 0 bridgehead atoms. The summed E-state index contributed by atoms with van der Waals surface area (Å²) in [6, 6.07) is 16.8. The number of ether oxygens (including phenoxy) is 1.